The molecule has 1 aromatic heterocycles. The summed E-state index contributed by atoms with van der Waals surface area (Å²) in [4.78, 5) is 27.8. The van der Waals surface area contributed by atoms with Gasteiger partial charge in [-0.3, -0.25) is 10.1 Å². The summed E-state index contributed by atoms with van der Waals surface area (Å²) in [6, 6.07) is 0.449. The normalized spacial score (nSPS) is 18.5. The third-order valence-electron chi connectivity index (χ3n) is 3.75. The fraction of sp³-hybridized carbons (Fsp3) is 0.643. The Morgan fingerprint density at radius 3 is 2.57 bits per heavy atom. The molecule has 0 aromatic carbocycles. The van der Waals surface area contributed by atoms with Gasteiger partial charge in [0.25, 0.3) is 0 Å². The molecule has 3 N–H and O–H groups in total. The second kappa shape index (κ2) is 6.43. The van der Waals surface area contributed by atoms with Crippen LogP contribution in [0.5, 0.6) is 0 Å². The lowest BCUT2D eigenvalue weighted by molar-refractivity contribution is -0.120. The van der Waals surface area contributed by atoms with E-state index in [2.05, 4.69) is 20.9 Å². The molecular weight excluding hydrogens is 288 g/mol. The third kappa shape index (κ3) is 4.42. The highest BCUT2D eigenvalue weighted by Crippen LogP contribution is 2.20. The monoisotopic (exact) mass is 308 g/mol. The van der Waals surface area contributed by atoms with Gasteiger partial charge in [0.15, 0.2) is 5.13 Å². The zero-order valence-electron chi connectivity index (χ0n) is 11.9. The number of urea groups is 1. The number of hydrogen-bond donors (Lipinski definition) is 3. The highest BCUT2D eigenvalue weighted by molar-refractivity contribution is 7.13. The highest BCUT2D eigenvalue weighted by atomic mass is 32.1. The lowest BCUT2D eigenvalue weighted by atomic mass is 10.3. The van der Waals surface area contributed by atoms with E-state index in [0.29, 0.717) is 16.9 Å². The molecule has 2 saturated carbocycles. The fourth-order valence-corrected chi connectivity index (χ4v) is 3.21. The van der Waals surface area contributed by atoms with Crippen LogP contribution in [-0.2, 0) is 11.2 Å². The van der Waals surface area contributed by atoms with Crippen LogP contribution in [-0.4, -0.2) is 29.0 Å². The van der Waals surface area contributed by atoms with Crippen molar-refractivity contribution in [3.8, 4) is 0 Å². The predicted molar refractivity (Wildman–Crippen MR) is 81.4 cm³/mol. The number of nitrogens with one attached hydrogen (secondary N) is 3. The topological polar surface area (TPSA) is 83.1 Å². The van der Waals surface area contributed by atoms with E-state index in [9.17, 15) is 9.59 Å². The van der Waals surface area contributed by atoms with Crippen molar-refractivity contribution in [1.82, 2.24) is 15.6 Å². The number of anilines is 1. The second-order valence-electron chi connectivity index (χ2n) is 5.74. The maximum atomic E-state index is 11.8. The van der Waals surface area contributed by atoms with Crippen molar-refractivity contribution < 1.29 is 9.59 Å². The first-order valence-electron chi connectivity index (χ1n) is 7.50. The van der Waals surface area contributed by atoms with E-state index >= 15 is 0 Å². The smallest absolute Gasteiger partial charge is 0.321 e. The Morgan fingerprint density at radius 1 is 1.14 bits per heavy atom. The fourth-order valence-electron chi connectivity index (χ4n) is 2.51. The van der Waals surface area contributed by atoms with Gasteiger partial charge in [-0.25, -0.2) is 9.78 Å². The summed E-state index contributed by atoms with van der Waals surface area (Å²) in [5, 5.41) is 11.0. The largest absolute Gasteiger partial charge is 0.353 e. The molecule has 0 spiro atoms. The van der Waals surface area contributed by atoms with E-state index in [1.807, 2.05) is 5.38 Å². The molecule has 2 aliphatic carbocycles. The molecule has 2 fully saturated rings. The van der Waals surface area contributed by atoms with Crippen molar-refractivity contribution >= 4 is 28.4 Å². The van der Waals surface area contributed by atoms with Gasteiger partial charge < -0.3 is 10.6 Å². The van der Waals surface area contributed by atoms with Gasteiger partial charge in [0.1, 0.15) is 0 Å². The third-order valence-corrected chi connectivity index (χ3v) is 4.55. The van der Waals surface area contributed by atoms with E-state index in [4.69, 9.17) is 0 Å². The van der Waals surface area contributed by atoms with Gasteiger partial charge in [-0.2, -0.15) is 0 Å². The van der Waals surface area contributed by atoms with Crippen molar-refractivity contribution in [3.63, 3.8) is 0 Å². The Balaban J connectivity index is 1.45. The van der Waals surface area contributed by atoms with E-state index in [-0.39, 0.29) is 24.4 Å². The van der Waals surface area contributed by atoms with Crippen LogP contribution in [0.2, 0.25) is 0 Å². The Kier molecular flexibility index (Phi) is 4.38. The molecule has 3 rings (SSSR count). The average molecular weight is 308 g/mol. The first-order valence-corrected chi connectivity index (χ1v) is 8.38. The Hall–Kier alpha value is -1.63. The minimum atomic E-state index is -0.203. The molecule has 1 heterocycles. The quantitative estimate of drug-likeness (QED) is 0.778. The van der Waals surface area contributed by atoms with Crippen LogP contribution < -0.4 is 16.0 Å². The molecule has 21 heavy (non-hydrogen) atoms. The van der Waals surface area contributed by atoms with E-state index in [0.717, 1.165) is 25.7 Å². The standard InChI is InChI=1S/C14H20N4O2S/c19-12(15-10-5-6-10)7-11-8-21-14(17-11)18-13(20)16-9-3-1-2-4-9/h8-10H,1-7H2,(H,15,19)(H2,16,17,18,20). The van der Waals surface area contributed by atoms with Gasteiger partial charge in [-0.05, 0) is 25.7 Å². The van der Waals surface area contributed by atoms with Crippen molar-refractivity contribution in [2.75, 3.05) is 5.32 Å². The second-order valence-corrected chi connectivity index (χ2v) is 6.60. The molecule has 0 unspecified atom stereocenters. The number of carbonyl (C=O) groups excluding carboxylic acids is 2. The lowest BCUT2D eigenvalue weighted by Crippen LogP contribution is -2.36. The molecule has 0 saturated heterocycles. The molecule has 3 amide bonds. The van der Waals surface area contributed by atoms with Crippen LogP contribution in [0.25, 0.3) is 0 Å². The number of rotatable bonds is 5. The molecule has 2 aliphatic rings. The summed E-state index contributed by atoms with van der Waals surface area (Å²) < 4.78 is 0. The molecule has 114 valence electrons. The first-order chi connectivity index (χ1) is 10.2. The number of hydrogen-bond acceptors (Lipinski definition) is 4. The maximum absolute atomic E-state index is 11.8. The van der Waals surface area contributed by atoms with Crippen molar-refractivity contribution in [2.24, 2.45) is 0 Å². The summed E-state index contributed by atoms with van der Waals surface area (Å²) in [5.41, 5.74) is 0.703. The first kappa shape index (κ1) is 14.3. The van der Waals surface area contributed by atoms with Gasteiger partial charge in [-0.15, -0.1) is 11.3 Å². The molecule has 0 atom stereocenters. The summed E-state index contributed by atoms with van der Waals surface area (Å²) in [5.74, 6) is 0.00440. The van der Waals surface area contributed by atoms with Crippen LogP contribution in [0, 0.1) is 0 Å². The number of amides is 3. The van der Waals surface area contributed by atoms with E-state index < -0.39 is 0 Å². The van der Waals surface area contributed by atoms with Gasteiger partial charge in [-0.1, -0.05) is 12.8 Å². The average Bonchev–Trinajstić information content (AvgIpc) is 2.91. The Bertz CT molecular complexity index is 521. The molecule has 1 aromatic rings. The zero-order valence-corrected chi connectivity index (χ0v) is 12.7. The van der Waals surface area contributed by atoms with Crippen molar-refractivity contribution in [2.45, 2.75) is 57.0 Å². The van der Waals surface area contributed by atoms with Gasteiger partial charge in [0.05, 0.1) is 12.1 Å². The molecule has 6 nitrogen and oxygen atoms in total. The molecule has 0 radical (unpaired) electrons. The van der Waals surface area contributed by atoms with Crippen molar-refractivity contribution in [3.05, 3.63) is 11.1 Å². The lowest BCUT2D eigenvalue weighted by Gasteiger charge is -2.11. The summed E-state index contributed by atoms with van der Waals surface area (Å²) >= 11 is 1.35. The van der Waals surface area contributed by atoms with E-state index in [1.165, 1.54) is 24.2 Å². The SMILES string of the molecule is O=C(Cc1csc(NC(=O)NC2CCCC2)n1)NC1CC1. The summed E-state index contributed by atoms with van der Waals surface area (Å²) in [7, 11) is 0. The number of carbonyl (C=O) groups is 2. The Labute approximate surface area is 127 Å². The van der Waals surface area contributed by atoms with Crippen LogP contribution in [0.4, 0.5) is 9.93 Å². The van der Waals surface area contributed by atoms with Crippen molar-refractivity contribution in [1.29, 1.82) is 0 Å². The number of thiazole rings is 1. The maximum Gasteiger partial charge on any atom is 0.321 e. The Morgan fingerprint density at radius 2 is 1.86 bits per heavy atom. The van der Waals surface area contributed by atoms with Crippen LogP contribution in [0.3, 0.4) is 0 Å². The molecule has 7 heteroatoms. The molecule has 0 bridgehead atoms. The van der Waals surface area contributed by atoms with Crippen LogP contribution in [0.15, 0.2) is 5.38 Å². The predicted octanol–water partition coefficient (Wildman–Crippen LogP) is 2.03. The van der Waals surface area contributed by atoms with Gasteiger partial charge in [0.2, 0.25) is 5.91 Å². The summed E-state index contributed by atoms with van der Waals surface area (Å²) in [6.45, 7) is 0. The van der Waals surface area contributed by atoms with Crippen LogP contribution >= 0.6 is 11.3 Å². The highest BCUT2D eigenvalue weighted by Gasteiger charge is 2.23. The zero-order chi connectivity index (χ0) is 14.7. The van der Waals surface area contributed by atoms with E-state index in [1.54, 1.807) is 0 Å². The number of aromatic nitrogens is 1. The minimum Gasteiger partial charge on any atom is -0.353 e. The molecule has 0 aliphatic heterocycles. The van der Waals surface area contributed by atoms with Gasteiger partial charge in [0, 0.05) is 17.5 Å². The number of nitrogens with zero attached hydrogens (tertiary/aromatic N) is 1. The molecular formula is C14H20N4O2S. The summed E-state index contributed by atoms with van der Waals surface area (Å²) in [6.07, 6.45) is 6.91. The van der Waals surface area contributed by atoms with Gasteiger partial charge >= 0.3 is 6.03 Å². The van der Waals surface area contributed by atoms with Crippen LogP contribution in [0.1, 0.15) is 44.2 Å². The minimum absolute atomic E-state index is 0.00440.